The Labute approximate surface area is 136 Å². The van der Waals surface area contributed by atoms with Crippen molar-refractivity contribution in [3.63, 3.8) is 0 Å². The third kappa shape index (κ3) is 3.11. The molecule has 23 heavy (non-hydrogen) atoms. The van der Waals surface area contributed by atoms with Gasteiger partial charge in [0.15, 0.2) is 0 Å². The van der Waals surface area contributed by atoms with Gasteiger partial charge in [-0.15, -0.1) is 0 Å². The summed E-state index contributed by atoms with van der Waals surface area (Å²) in [4.78, 5) is 24.6. The Morgan fingerprint density at radius 1 is 1.13 bits per heavy atom. The van der Waals surface area contributed by atoms with Gasteiger partial charge in [-0.1, -0.05) is 12.1 Å². The largest absolute Gasteiger partial charge is 0.469 e. The van der Waals surface area contributed by atoms with Gasteiger partial charge in [-0.2, -0.15) is 0 Å². The molecule has 4 atom stereocenters. The van der Waals surface area contributed by atoms with Crippen LogP contribution in [0.4, 0.5) is 0 Å². The number of amides is 1. The second-order valence-corrected chi connectivity index (χ2v) is 6.51. The SMILES string of the molecule is COCc1ccc(C(=O)N[C@@H]2[C@H]3CC[C@@H](C3)[C@@H]2C(=O)OC)cc1. The number of fused-ring (bicyclic) bond motifs is 2. The molecule has 2 fully saturated rings. The van der Waals surface area contributed by atoms with Crippen LogP contribution in [-0.4, -0.2) is 32.1 Å². The number of benzene rings is 1. The van der Waals surface area contributed by atoms with Crippen molar-refractivity contribution in [2.24, 2.45) is 17.8 Å². The van der Waals surface area contributed by atoms with Gasteiger partial charge in [0.1, 0.15) is 0 Å². The minimum absolute atomic E-state index is 0.104. The first-order valence-corrected chi connectivity index (χ1v) is 8.10. The highest BCUT2D eigenvalue weighted by molar-refractivity contribution is 5.94. The summed E-state index contributed by atoms with van der Waals surface area (Å²) < 4.78 is 10.0. The third-order valence-corrected chi connectivity index (χ3v) is 5.21. The summed E-state index contributed by atoms with van der Waals surface area (Å²) in [5.41, 5.74) is 1.63. The fraction of sp³-hybridized carbons (Fsp3) is 0.556. The number of carbonyl (C=O) groups excluding carboxylic acids is 2. The number of methoxy groups -OCH3 is 2. The average molecular weight is 317 g/mol. The summed E-state index contributed by atoms with van der Waals surface area (Å²) in [6, 6.07) is 7.26. The van der Waals surface area contributed by atoms with E-state index in [2.05, 4.69) is 5.32 Å². The maximum atomic E-state index is 12.5. The lowest BCUT2D eigenvalue weighted by Crippen LogP contribution is -2.47. The summed E-state index contributed by atoms with van der Waals surface area (Å²) in [6.07, 6.45) is 3.15. The van der Waals surface area contributed by atoms with Gasteiger partial charge in [0.2, 0.25) is 0 Å². The molecule has 2 aliphatic rings. The Bertz CT molecular complexity index is 583. The molecule has 3 rings (SSSR count). The standard InChI is InChI=1S/C18H23NO4/c1-22-10-11-3-5-12(6-4-11)17(20)19-16-14-8-7-13(9-14)15(16)18(21)23-2/h3-6,13-16H,7-10H2,1-2H3,(H,19,20)/t13-,14-,15-,16+/m0/s1. The van der Waals surface area contributed by atoms with Crippen LogP contribution in [0.25, 0.3) is 0 Å². The van der Waals surface area contributed by atoms with Crippen molar-refractivity contribution >= 4 is 11.9 Å². The predicted octanol–water partition coefficient (Wildman–Crippen LogP) is 2.15. The number of hydrogen-bond acceptors (Lipinski definition) is 4. The molecule has 1 N–H and O–H groups in total. The number of hydrogen-bond donors (Lipinski definition) is 1. The minimum atomic E-state index is -0.199. The highest BCUT2D eigenvalue weighted by atomic mass is 16.5. The summed E-state index contributed by atoms with van der Waals surface area (Å²) in [5.74, 6) is 0.219. The van der Waals surface area contributed by atoms with E-state index < -0.39 is 0 Å². The Morgan fingerprint density at radius 2 is 1.83 bits per heavy atom. The van der Waals surface area contributed by atoms with E-state index in [-0.39, 0.29) is 23.8 Å². The Kier molecular flexibility index (Phi) is 4.66. The van der Waals surface area contributed by atoms with Gasteiger partial charge in [-0.25, -0.2) is 0 Å². The lowest BCUT2D eigenvalue weighted by Gasteiger charge is -2.29. The van der Waals surface area contributed by atoms with E-state index in [0.29, 0.717) is 24.0 Å². The Hall–Kier alpha value is -1.88. The number of rotatable bonds is 5. The van der Waals surface area contributed by atoms with E-state index in [0.717, 1.165) is 24.8 Å². The van der Waals surface area contributed by atoms with Crippen molar-refractivity contribution in [1.29, 1.82) is 0 Å². The molecule has 5 heteroatoms. The molecule has 0 spiro atoms. The fourth-order valence-electron chi connectivity index (χ4n) is 4.13. The molecule has 0 heterocycles. The van der Waals surface area contributed by atoms with E-state index in [9.17, 15) is 9.59 Å². The molecule has 5 nitrogen and oxygen atoms in total. The van der Waals surface area contributed by atoms with Crippen LogP contribution in [0.3, 0.4) is 0 Å². The monoisotopic (exact) mass is 317 g/mol. The third-order valence-electron chi connectivity index (χ3n) is 5.21. The van der Waals surface area contributed by atoms with Crippen molar-refractivity contribution in [3.05, 3.63) is 35.4 Å². The highest BCUT2D eigenvalue weighted by Gasteiger charge is 2.52. The molecule has 1 aromatic carbocycles. The van der Waals surface area contributed by atoms with Crippen LogP contribution in [0.1, 0.15) is 35.2 Å². The summed E-state index contributed by atoms with van der Waals surface area (Å²) in [7, 11) is 3.06. The summed E-state index contributed by atoms with van der Waals surface area (Å²) in [6.45, 7) is 0.526. The molecule has 2 bridgehead atoms. The van der Waals surface area contributed by atoms with E-state index in [1.807, 2.05) is 12.1 Å². The van der Waals surface area contributed by atoms with Crippen LogP contribution in [0, 0.1) is 17.8 Å². The van der Waals surface area contributed by atoms with Crippen molar-refractivity contribution < 1.29 is 19.1 Å². The molecule has 0 radical (unpaired) electrons. The molecule has 2 aliphatic carbocycles. The zero-order valence-electron chi connectivity index (χ0n) is 13.6. The first kappa shape index (κ1) is 16.0. The van der Waals surface area contributed by atoms with Crippen LogP contribution in [0.5, 0.6) is 0 Å². The average Bonchev–Trinajstić information content (AvgIpc) is 3.16. The van der Waals surface area contributed by atoms with Crippen LogP contribution in [0.2, 0.25) is 0 Å². The van der Waals surface area contributed by atoms with Crippen molar-refractivity contribution in [2.75, 3.05) is 14.2 Å². The quantitative estimate of drug-likeness (QED) is 0.845. The van der Waals surface area contributed by atoms with E-state index in [4.69, 9.17) is 9.47 Å². The first-order valence-electron chi connectivity index (χ1n) is 8.10. The topological polar surface area (TPSA) is 64.6 Å². The molecule has 0 unspecified atom stereocenters. The zero-order chi connectivity index (χ0) is 16.4. The number of esters is 1. The van der Waals surface area contributed by atoms with Crippen LogP contribution >= 0.6 is 0 Å². The van der Waals surface area contributed by atoms with E-state index in [1.54, 1.807) is 19.2 Å². The van der Waals surface area contributed by atoms with Crippen molar-refractivity contribution in [3.8, 4) is 0 Å². The molecule has 0 aliphatic heterocycles. The normalized spacial score (nSPS) is 28.6. The van der Waals surface area contributed by atoms with Crippen LogP contribution in [0.15, 0.2) is 24.3 Å². The van der Waals surface area contributed by atoms with Crippen molar-refractivity contribution in [2.45, 2.75) is 31.9 Å². The van der Waals surface area contributed by atoms with Gasteiger partial charge in [0.25, 0.3) is 5.91 Å². The van der Waals surface area contributed by atoms with E-state index >= 15 is 0 Å². The van der Waals surface area contributed by atoms with Crippen LogP contribution < -0.4 is 5.32 Å². The molecule has 2 saturated carbocycles. The van der Waals surface area contributed by atoms with Crippen molar-refractivity contribution in [1.82, 2.24) is 5.32 Å². The van der Waals surface area contributed by atoms with Gasteiger partial charge in [-0.05, 0) is 48.8 Å². The molecule has 1 amide bonds. The molecule has 1 aromatic rings. The molecular weight excluding hydrogens is 294 g/mol. The highest BCUT2D eigenvalue weighted by Crippen LogP contribution is 2.49. The second kappa shape index (κ2) is 6.71. The second-order valence-electron chi connectivity index (χ2n) is 6.51. The smallest absolute Gasteiger partial charge is 0.311 e. The number of carbonyl (C=O) groups is 2. The molecule has 124 valence electrons. The van der Waals surface area contributed by atoms with Gasteiger partial charge < -0.3 is 14.8 Å². The van der Waals surface area contributed by atoms with Gasteiger partial charge in [0, 0.05) is 18.7 Å². The lowest BCUT2D eigenvalue weighted by molar-refractivity contribution is -0.148. The number of ether oxygens (including phenoxy) is 2. The van der Waals surface area contributed by atoms with Crippen LogP contribution in [-0.2, 0) is 20.9 Å². The zero-order valence-corrected chi connectivity index (χ0v) is 13.6. The van der Waals surface area contributed by atoms with Gasteiger partial charge >= 0.3 is 5.97 Å². The van der Waals surface area contributed by atoms with Gasteiger partial charge in [0.05, 0.1) is 19.6 Å². The predicted molar refractivity (Wildman–Crippen MR) is 84.7 cm³/mol. The maximum Gasteiger partial charge on any atom is 0.311 e. The molecule has 0 saturated heterocycles. The Morgan fingerprint density at radius 3 is 2.48 bits per heavy atom. The lowest BCUT2D eigenvalue weighted by atomic mass is 9.84. The first-order chi connectivity index (χ1) is 11.1. The summed E-state index contributed by atoms with van der Waals surface area (Å²) >= 11 is 0. The van der Waals surface area contributed by atoms with Gasteiger partial charge in [-0.3, -0.25) is 9.59 Å². The maximum absolute atomic E-state index is 12.5. The number of nitrogens with one attached hydrogen (secondary N) is 1. The fourth-order valence-corrected chi connectivity index (χ4v) is 4.13. The Balaban J connectivity index is 1.70. The minimum Gasteiger partial charge on any atom is -0.469 e. The molecular formula is C18H23NO4. The van der Waals surface area contributed by atoms with E-state index in [1.165, 1.54) is 7.11 Å². The molecule has 0 aromatic heterocycles. The summed E-state index contributed by atoms with van der Waals surface area (Å²) in [5, 5.41) is 3.07.